The second-order valence-electron chi connectivity index (χ2n) is 7.21. The highest BCUT2D eigenvalue weighted by Crippen LogP contribution is 2.39. The van der Waals surface area contributed by atoms with Gasteiger partial charge in [-0.2, -0.15) is 4.52 Å². The van der Waals surface area contributed by atoms with Crippen LogP contribution in [0.1, 0.15) is 40.0 Å². The van der Waals surface area contributed by atoms with E-state index in [4.69, 9.17) is 9.97 Å². The largest absolute Gasteiger partial charge is 0.478 e. The van der Waals surface area contributed by atoms with Gasteiger partial charge in [0.1, 0.15) is 10.7 Å². The van der Waals surface area contributed by atoms with Gasteiger partial charge in [-0.1, -0.05) is 25.1 Å². The summed E-state index contributed by atoms with van der Waals surface area (Å²) in [5, 5.41) is 15.2. The summed E-state index contributed by atoms with van der Waals surface area (Å²) in [6, 6.07) is 6.85. The summed E-state index contributed by atoms with van der Waals surface area (Å²) in [5.41, 5.74) is 2.85. The lowest BCUT2D eigenvalue weighted by Gasteiger charge is -2.17. The Balaban J connectivity index is 1.80. The molecule has 1 aliphatic rings. The molecule has 0 spiro atoms. The van der Waals surface area contributed by atoms with Gasteiger partial charge in [0, 0.05) is 10.4 Å². The fraction of sp³-hybridized carbons (Fsp3) is 0.300. The van der Waals surface area contributed by atoms with E-state index in [1.54, 1.807) is 34.1 Å². The van der Waals surface area contributed by atoms with Crippen LogP contribution in [-0.2, 0) is 12.8 Å². The van der Waals surface area contributed by atoms with E-state index < -0.39 is 5.97 Å². The van der Waals surface area contributed by atoms with Crippen molar-refractivity contribution >= 4 is 33.2 Å². The molecular formula is C20H18N4O2S. The maximum atomic E-state index is 11.6. The van der Waals surface area contributed by atoms with Gasteiger partial charge in [-0.3, -0.25) is 0 Å². The van der Waals surface area contributed by atoms with Crippen molar-refractivity contribution in [3.8, 4) is 11.4 Å². The minimum absolute atomic E-state index is 0.205. The zero-order valence-electron chi connectivity index (χ0n) is 15.1. The standard InChI is InChI=1S/C20H18N4O2S/c1-10-7-8-14-15(9-10)27-19-16(14)18-22-17(23-24(18)11(2)21-19)12-5-3-4-6-13(12)20(25)26/h3-6,10H,7-9H2,1-2H3,(H,25,26)/t10-/m0/s1. The molecule has 1 aromatic carbocycles. The average molecular weight is 378 g/mol. The molecule has 0 amide bonds. The molecule has 5 rings (SSSR count). The van der Waals surface area contributed by atoms with E-state index >= 15 is 0 Å². The number of carboxylic acids is 1. The number of thiophene rings is 1. The molecule has 4 aromatic rings. The number of carboxylic acid groups (broad SMARTS) is 1. The maximum Gasteiger partial charge on any atom is 0.336 e. The molecule has 27 heavy (non-hydrogen) atoms. The number of hydrogen-bond donors (Lipinski definition) is 1. The van der Waals surface area contributed by atoms with Gasteiger partial charge >= 0.3 is 5.97 Å². The Labute approximate surface area is 159 Å². The van der Waals surface area contributed by atoms with Crippen molar-refractivity contribution in [1.29, 1.82) is 0 Å². The van der Waals surface area contributed by atoms with E-state index in [0.29, 0.717) is 17.3 Å². The molecule has 0 saturated carbocycles. The monoisotopic (exact) mass is 378 g/mol. The summed E-state index contributed by atoms with van der Waals surface area (Å²) in [6.07, 6.45) is 3.29. The van der Waals surface area contributed by atoms with Crippen LogP contribution < -0.4 is 0 Å². The molecule has 0 radical (unpaired) electrons. The first-order valence-corrected chi connectivity index (χ1v) is 9.85. The molecule has 3 heterocycles. The highest BCUT2D eigenvalue weighted by Gasteiger charge is 2.25. The van der Waals surface area contributed by atoms with E-state index in [2.05, 4.69) is 12.0 Å². The second kappa shape index (κ2) is 5.85. The van der Waals surface area contributed by atoms with Crippen molar-refractivity contribution in [2.24, 2.45) is 5.92 Å². The topological polar surface area (TPSA) is 80.4 Å². The molecule has 1 N–H and O–H groups in total. The van der Waals surface area contributed by atoms with Gasteiger partial charge in [0.05, 0.1) is 10.9 Å². The maximum absolute atomic E-state index is 11.6. The van der Waals surface area contributed by atoms with Crippen molar-refractivity contribution in [3.05, 3.63) is 46.1 Å². The van der Waals surface area contributed by atoms with Crippen LogP contribution in [0.15, 0.2) is 24.3 Å². The Morgan fingerprint density at radius 3 is 2.93 bits per heavy atom. The van der Waals surface area contributed by atoms with Crippen LogP contribution in [0.25, 0.3) is 27.3 Å². The third-order valence-electron chi connectivity index (χ3n) is 5.29. The SMILES string of the molecule is Cc1nc2sc3c(c2c2nc(-c4ccccc4C(=O)O)nn12)CC[C@H](C)C3. The van der Waals surface area contributed by atoms with E-state index in [-0.39, 0.29) is 5.56 Å². The van der Waals surface area contributed by atoms with E-state index in [1.807, 2.05) is 13.0 Å². The summed E-state index contributed by atoms with van der Waals surface area (Å²) in [6.45, 7) is 4.20. The van der Waals surface area contributed by atoms with Crippen molar-refractivity contribution in [2.45, 2.75) is 33.1 Å². The Kier molecular flexibility index (Phi) is 3.55. The number of aromatic carboxylic acids is 1. The van der Waals surface area contributed by atoms with Crippen LogP contribution in [0.3, 0.4) is 0 Å². The number of aromatic nitrogens is 4. The molecule has 0 saturated heterocycles. The van der Waals surface area contributed by atoms with E-state index in [1.165, 1.54) is 16.9 Å². The fourth-order valence-electron chi connectivity index (χ4n) is 3.92. The fourth-order valence-corrected chi connectivity index (χ4v) is 5.34. The lowest BCUT2D eigenvalue weighted by atomic mass is 9.89. The van der Waals surface area contributed by atoms with Crippen LogP contribution in [0.2, 0.25) is 0 Å². The first kappa shape index (κ1) is 16.4. The molecular weight excluding hydrogens is 360 g/mol. The molecule has 0 aliphatic heterocycles. The second-order valence-corrected chi connectivity index (χ2v) is 8.30. The molecule has 3 aromatic heterocycles. The van der Waals surface area contributed by atoms with Gasteiger partial charge in [-0.25, -0.2) is 14.8 Å². The predicted molar refractivity (Wildman–Crippen MR) is 104 cm³/mol. The number of benzene rings is 1. The molecule has 136 valence electrons. The quantitative estimate of drug-likeness (QED) is 0.567. The van der Waals surface area contributed by atoms with Gasteiger partial charge in [0.25, 0.3) is 0 Å². The van der Waals surface area contributed by atoms with Crippen LogP contribution in [0, 0.1) is 12.8 Å². The molecule has 1 atom stereocenters. The number of fused-ring (bicyclic) bond motifs is 5. The van der Waals surface area contributed by atoms with E-state index in [0.717, 1.165) is 34.5 Å². The minimum Gasteiger partial charge on any atom is -0.478 e. The smallest absolute Gasteiger partial charge is 0.336 e. The van der Waals surface area contributed by atoms with Crippen molar-refractivity contribution in [1.82, 2.24) is 19.6 Å². The first-order chi connectivity index (χ1) is 13.0. The van der Waals surface area contributed by atoms with Gasteiger partial charge in [-0.15, -0.1) is 16.4 Å². The number of rotatable bonds is 2. The van der Waals surface area contributed by atoms with Gasteiger partial charge in [0.2, 0.25) is 0 Å². The molecule has 1 aliphatic carbocycles. The molecule has 0 fully saturated rings. The van der Waals surface area contributed by atoms with Gasteiger partial charge in [-0.05, 0) is 43.7 Å². The summed E-state index contributed by atoms with van der Waals surface area (Å²) >= 11 is 1.76. The summed E-state index contributed by atoms with van der Waals surface area (Å²) < 4.78 is 1.75. The van der Waals surface area contributed by atoms with Crippen LogP contribution >= 0.6 is 11.3 Å². The number of nitrogens with zero attached hydrogens (tertiary/aromatic N) is 4. The van der Waals surface area contributed by atoms with Crippen molar-refractivity contribution < 1.29 is 9.90 Å². The lowest BCUT2D eigenvalue weighted by Crippen LogP contribution is -2.08. The molecule has 0 bridgehead atoms. The zero-order valence-corrected chi connectivity index (χ0v) is 15.9. The van der Waals surface area contributed by atoms with E-state index in [9.17, 15) is 9.90 Å². The Morgan fingerprint density at radius 2 is 2.11 bits per heavy atom. The average Bonchev–Trinajstić information content (AvgIpc) is 3.22. The molecule has 6 nitrogen and oxygen atoms in total. The Bertz CT molecular complexity index is 1220. The van der Waals surface area contributed by atoms with Gasteiger partial charge < -0.3 is 5.11 Å². The number of aryl methyl sites for hydroxylation is 2. The lowest BCUT2D eigenvalue weighted by molar-refractivity contribution is 0.0697. The summed E-state index contributed by atoms with van der Waals surface area (Å²) in [5.74, 6) is 0.898. The highest BCUT2D eigenvalue weighted by atomic mass is 32.1. The third-order valence-corrected chi connectivity index (χ3v) is 6.44. The Hall–Kier alpha value is -2.80. The Morgan fingerprint density at radius 1 is 1.30 bits per heavy atom. The van der Waals surface area contributed by atoms with Crippen LogP contribution in [-0.4, -0.2) is 30.7 Å². The number of hydrogen-bond acceptors (Lipinski definition) is 5. The minimum atomic E-state index is -0.980. The first-order valence-electron chi connectivity index (χ1n) is 9.03. The third kappa shape index (κ3) is 2.45. The van der Waals surface area contributed by atoms with Crippen LogP contribution in [0.5, 0.6) is 0 Å². The normalized spacial score (nSPS) is 16.7. The molecule has 7 heteroatoms. The zero-order chi connectivity index (χ0) is 18.7. The van der Waals surface area contributed by atoms with Crippen molar-refractivity contribution in [3.63, 3.8) is 0 Å². The molecule has 0 unspecified atom stereocenters. The summed E-state index contributed by atoms with van der Waals surface area (Å²) in [7, 11) is 0. The predicted octanol–water partition coefficient (Wildman–Crippen LogP) is 4.14. The summed E-state index contributed by atoms with van der Waals surface area (Å²) in [4.78, 5) is 23.5. The highest BCUT2D eigenvalue weighted by molar-refractivity contribution is 7.19. The van der Waals surface area contributed by atoms with Crippen LogP contribution in [0.4, 0.5) is 0 Å². The number of carbonyl (C=O) groups is 1. The van der Waals surface area contributed by atoms with Gasteiger partial charge in [0.15, 0.2) is 11.5 Å². The van der Waals surface area contributed by atoms with Crippen molar-refractivity contribution in [2.75, 3.05) is 0 Å².